The minimum Gasteiger partial charge on any atom is -0.308 e. The first-order valence-corrected chi connectivity index (χ1v) is 7.18. The van der Waals surface area contributed by atoms with Gasteiger partial charge >= 0.3 is 0 Å². The third-order valence-corrected chi connectivity index (χ3v) is 3.93. The minimum absolute atomic E-state index is 0.0371. The van der Waals surface area contributed by atoms with E-state index in [2.05, 4.69) is 16.1 Å². The van der Waals surface area contributed by atoms with E-state index in [9.17, 15) is 4.79 Å². The number of nitrogens with zero attached hydrogens (tertiary/aromatic N) is 4. The summed E-state index contributed by atoms with van der Waals surface area (Å²) in [6, 6.07) is 15.5. The van der Waals surface area contributed by atoms with Crippen LogP contribution in [-0.4, -0.2) is 27.2 Å². The molecule has 2 aromatic carbocycles. The molecule has 0 saturated heterocycles. The smallest absolute Gasteiger partial charge is 0.258 e. The minimum atomic E-state index is 0.0371. The van der Waals surface area contributed by atoms with E-state index in [1.165, 1.54) is 11.9 Å². The Bertz CT molecular complexity index is 809. The zero-order valence-corrected chi connectivity index (χ0v) is 11.9. The van der Waals surface area contributed by atoms with E-state index in [0.717, 1.165) is 24.3 Å². The Kier molecular flexibility index (Phi) is 2.96. The van der Waals surface area contributed by atoms with Crippen molar-refractivity contribution in [2.24, 2.45) is 0 Å². The lowest BCUT2D eigenvalue weighted by molar-refractivity contribution is 0.0989. The Morgan fingerprint density at radius 1 is 1.05 bits per heavy atom. The average Bonchev–Trinajstić information content (AvgIpc) is 3.24. The summed E-state index contributed by atoms with van der Waals surface area (Å²) in [5, 5.41) is 4.08. The number of fused-ring (bicyclic) bond motifs is 1. The van der Waals surface area contributed by atoms with E-state index in [1.807, 2.05) is 47.4 Å². The van der Waals surface area contributed by atoms with Crippen molar-refractivity contribution in [2.75, 3.05) is 11.4 Å². The van der Waals surface area contributed by atoms with Crippen molar-refractivity contribution in [1.29, 1.82) is 0 Å². The van der Waals surface area contributed by atoms with Gasteiger partial charge in [0.15, 0.2) is 0 Å². The molecule has 108 valence electrons. The highest BCUT2D eigenvalue weighted by Gasteiger charge is 2.24. The van der Waals surface area contributed by atoms with Gasteiger partial charge in [0.05, 0.1) is 5.69 Å². The second-order valence-electron chi connectivity index (χ2n) is 5.22. The lowest BCUT2D eigenvalue weighted by Gasteiger charge is -2.17. The van der Waals surface area contributed by atoms with E-state index in [0.29, 0.717) is 5.56 Å². The van der Waals surface area contributed by atoms with Crippen molar-refractivity contribution in [1.82, 2.24) is 14.8 Å². The van der Waals surface area contributed by atoms with E-state index < -0.39 is 0 Å². The molecule has 1 aromatic heterocycles. The Balaban J connectivity index is 1.61. The molecule has 0 fully saturated rings. The van der Waals surface area contributed by atoms with Gasteiger partial charge in [-0.15, -0.1) is 0 Å². The summed E-state index contributed by atoms with van der Waals surface area (Å²) in [6.07, 6.45) is 4.03. The van der Waals surface area contributed by atoms with Crippen LogP contribution >= 0.6 is 0 Å². The van der Waals surface area contributed by atoms with Crippen LogP contribution in [0, 0.1) is 0 Å². The van der Waals surface area contributed by atoms with Crippen molar-refractivity contribution < 1.29 is 4.79 Å². The number of carbonyl (C=O) groups is 1. The average molecular weight is 290 g/mol. The van der Waals surface area contributed by atoms with Crippen LogP contribution in [0.15, 0.2) is 61.2 Å². The highest BCUT2D eigenvalue weighted by Crippen LogP contribution is 2.28. The highest BCUT2D eigenvalue weighted by atomic mass is 16.2. The summed E-state index contributed by atoms with van der Waals surface area (Å²) in [5.74, 6) is 0.0371. The van der Waals surface area contributed by atoms with Crippen LogP contribution in [0.1, 0.15) is 15.9 Å². The predicted molar refractivity (Wildman–Crippen MR) is 83.2 cm³/mol. The Morgan fingerprint density at radius 3 is 2.64 bits per heavy atom. The Labute approximate surface area is 127 Å². The number of carbonyl (C=O) groups excluding carboxylic acids is 1. The predicted octanol–water partition coefficient (Wildman–Crippen LogP) is 2.47. The molecular formula is C17H14N4O. The molecule has 0 atom stereocenters. The maximum Gasteiger partial charge on any atom is 0.258 e. The number of anilines is 1. The van der Waals surface area contributed by atoms with Crippen LogP contribution in [-0.2, 0) is 6.42 Å². The first-order chi connectivity index (χ1) is 10.8. The summed E-state index contributed by atoms with van der Waals surface area (Å²) in [7, 11) is 0. The summed E-state index contributed by atoms with van der Waals surface area (Å²) in [4.78, 5) is 18.5. The Morgan fingerprint density at radius 2 is 1.86 bits per heavy atom. The first-order valence-electron chi connectivity index (χ1n) is 7.18. The normalized spacial score (nSPS) is 13.2. The summed E-state index contributed by atoms with van der Waals surface area (Å²) < 4.78 is 1.67. The van der Waals surface area contributed by atoms with Gasteiger partial charge < -0.3 is 4.90 Å². The third kappa shape index (κ3) is 2.07. The molecule has 0 bridgehead atoms. The number of rotatable bonds is 2. The molecule has 3 aromatic rings. The number of amides is 1. The number of aromatic nitrogens is 3. The van der Waals surface area contributed by atoms with Crippen molar-refractivity contribution in [2.45, 2.75) is 6.42 Å². The lowest BCUT2D eigenvalue weighted by atomic mass is 10.1. The molecule has 1 aliphatic heterocycles. The molecule has 0 spiro atoms. The maximum atomic E-state index is 12.7. The van der Waals surface area contributed by atoms with Crippen LogP contribution in [0.3, 0.4) is 0 Å². The number of para-hydroxylation sites is 1. The van der Waals surface area contributed by atoms with Gasteiger partial charge in [-0.25, -0.2) is 9.67 Å². The van der Waals surface area contributed by atoms with Crippen LogP contribution in [0.25, 0.3) is 5.69 Å². The molecule has 22 heavy (non-hydrogen) atoms. The van der Waals surface area contributed by atoms with Crippen LogP contribution in [0.2, 0.25) is 0 Å². The molecule has 4 rings (SSSR count). The van der Waals surface area contributed by atoms with Gasteiger partial charge in [0.2, 0.25) is 0 Å². The summed E-state index contributed by atoms with van der Waals surface area (Å²) >= 11 is 0. The fourth-order valence-electron chi connectivity index (χ4n) is 2.80. The van der Waals surface area contributed by atoms with Gasteiger partial charge in [-0.2, -0.15) is 5.10 Å². The fraction of sp³-hybridized carbons (Fsp3) is 0.118. The maximum absolute atomic E-state index is 12.7. The molecule has 0 unspecified atom stereocenters. The fourth-order valence-corrected chi connectivity index (χ4v) is 2.80. The monoisotopic (exact) mass is 290 g/mol. The first kappa shape index (κ1) is 12.8. The van der Waals surface area contributed by atoms with Crippen molar-refractivity contribution in [3.8, 4) is 5.69 Å². The number of hydrogen-bond acceptors (Lipinski definition) is 3. The van der Waals surface area contributed by atoms with Crippen LogP contribution < -0.4 is 4.90 Å². The Hall–Kier alpha value is -2.95. The zero-order valence-electron chi connectivity index (χ0n) is 11.9. The molecule has 1 aliphatic rings. The quantitative estimate of drug-likeness (QED) is 0.728. The largest absolute Gasteiger partial charge is 0.308 e. The molecule has 5 heteroatoms. The van der Waals surface area contributed by atoms with E-state index in [4.69, 9.17) is 0 Å². The van der Waals surface area contributed by atoms with Crippen molar-refractivity contribution >= 4 is 11.6 Å². The molecule has 5 nitrogen and oxygen atoms in total. The molecule has 1 amide bonds. The number of hydrogen-bond donors (Lipinski definition) is 0. The van der Waals surface area contributed by atoms with E-state index >= 15 is 0 Å². The zero-order chi connectivity index (χ0) is 14.9. The van der Waals surface area contributed by atoms with Gasteiger partial charge in [0.25, 0.3) is 5.91 Å². The van der Waals surface area contributed by atoms with Gasteiger partial charge in [-0.05, 0) is 42.3 Å². The van der Waals surface area contributed by atoms with Crippen LogP contribution in [0.4, 0.5) is 5.69 Å². The second-order valence-corrected chi connectivity index (χ2v) is 5.22. The topological polar surface area (TPSA) is 51.0 Å². The third-order valence-electron chi connectivity index (χ3n) is 3.93. The van der Waals surface area contributed by atoms with E-state index in [-0.39, 0.29) is 5.91 Å². The number of benzene rings is 2. The van der Waals surface area contributed by atoms with Crippen molar-refractivity contribution in [3.63, 3.8) is 0 Å². The highest BCUT2D eigenvalue weighted by molar-refractivity contribution is 6.07. The molecule has 0 radical (unpaired) electrons. The molecule has 2 heterocycles. The lowest BCUT2D eigenvalue weighted by Crippen LogP contribution is -2.28. The summed E-state index contributed by atoms with van der Waals surface area (Å²) in [6.45, 7) is 0.739. The SMILES string of the molecule is O=C(c1ccc(-n2cncn2)cc1)N1CCc2ccccc21. The van der Waals surface area contributed by atoms with Gasteiger partial charge in [-0.1, -0.05) is 18.2 Å². The van der Waals surface area contributed by atoms with Crippen molar-refractivity contribution in [3.05, 3.63) is 72.3 Å². The standard InChI is InChI=1S/C17H14N4O/c22-17(20-10-9-13-3-1-2-4-16(13)20)14-5-7-15(8-6-14)21-12-18-11-19-21/h1-8,11-12H,9-10H2. The summed E-state index contributed by atoms with van der Waals surface area (Å²) in [5.41, 5.74) is 3.82. The molecule has 0 N–H and O–H groups in total. The van der Waals surface area contributed by atoms with Gasteiger partial charge in [0.1, 0.15) is 12.7 Å². The second kappa shape index (κ2) is 5.11. The van der Waals surface area contributed by atoms with E-state index in [1.54, 1.807) is 11.0 Å². The van der Waals surface area contributed by atoms with Gasteiger partial charge in [-0.3, -0.25) is 4.79 Å². The molecule has 0 saturated carbocycles. The molecule has 0 aliphatic carbocycles. The van der Waals surface area contributed by atoms with Crippen LogP contribution in [0.5, 0.6) is 0 Å². The molecular weight excluding hydrogens is 276 g/mol. The van der Waals surface area contributed by atoms with Gasteiger partial charge in [0, 0.05) is 17.8 Å².